The van der Waals surface area contributed by atoms with Gasteiger partial charge in [-0.15, -0.1) is 0 Å². The van der Waals surface area contributed by atoms with Gasteiger partial charge in [-0.3, -0.25) is 4.79 Å². The zero-order valence-corrected chi connectivity index (χ0v) is 10.4. The summed E-state index contributed by atoms with van der Waals surface area (Å²) in [5, 5.41) is 1.95. The second-order valence-corrected chi connectivity index (χ2v) is 4.21. The Morgan fingerprint density at radius 2 is 1.60 bits per heavy atom. The molecule has 2 rings (SSSR count). The molecule has 0 saturated heterocycles. The van der Waals surface area contributed by atoms with E-state index < -0.39 is 34.7 Å². The molecule has 2 aromatic carbocycles. The molecule has 0 aliphatic heterocycles. The Morgan fingerprint density at radius 1 is 0.950 bits per heavy atom. The van der Waals surface area contributed by atoms with E-state index in [0.717, 1.165) is 18.2 Å². The third-order valence-electron chi connectivity index (χ3n) is 2.46. The first-order valence-corrected chi connectivity index (χ1v) is 5.68. The standard InChI is InChI=1S/C13H6ClF4NO/c14-8-5-6(1-3-9(8)15)19-13(20)7-2-4-10(16)12(18)11(7)17/h1-5H,(H,19,20). The Bertz CT molecular complexity index is 690. The van der Waals surface area contributed by atoms with Crippen LogP contribution in [0.4, 0.5) is 23.2 Å². The largest absolute Gasteiger partial charge is 0.322 e. The zero-order valence-electron chi connectivity index (χ0n) is 9.68. The molecule has 1 amide bonds. The molecule has 0 aromatic heterocycles. The van der Waals surface area contributed by atoms with Crippen molar-refractivity contribution in [1.82, 2.24) is 0 Å². The van der Waals surface area contributed by atoms with E-state index >= 15 is 0 Å². The molecule has 1 N–H and O–H groups in total. The summed E-state index contributed by atoms with van der Waals surface area (Å²) < 4.78 is 52.1. The normalized spacial score (nSPS) is 10.4. The Labute approximate surface area is 116 Å². The van der Waals surface area contributed by atoms with Gasteiger partial charge >= 0.3 is 0 Å². The van der Waals surface area contributed by atoms with E-state index in [-0.39, 0.29) is 10.7 Å². The van der Waals surface area contributed by atoms with Gasteiger partial charge in [0.2, 0.25) is 0 Å². The van der Waals surface area contributed by atoms with Gasteiger partial charge in [0.15, 0.2) is 17.5 Å². The lowest BCUT2D eigenvalue weighted by atomic mass is 10.1. The molecule has 104 valence electrons. The maximum atomic E-state index is 13.4. The SMILES string of the molecule is O=C(Nc1ccc(F)c(Cl)c1)c1ccc(F)c(F)c1F. The van der Waals surface area contributed by atoms with Crippen LogP contribution in [0.5, 0.6) is 0 Å². The van der Waals surface area contributed by atoms with Crippen molar-refractivity contribution in [3.63, 3.8) is 0 Å². The lowest BCUT2D eigenvalue weighted by molar-refractivity contribution is 0.102. The molecule has 0 unspecified atom stereocenters. The Hall–Kier alpha value is -2.08. The monoisotopic (exact) mass is 303 g/mol. The van der Waals surface area contributed by atoms with Crippen LogP contribution in [0.15, 0.2) is 30.3 Å². The van der Waals surface area contributed by atoms with Crippen LogP contribution < -0.4 is 5.32 Å². The summed E-state index contributed by atoms with van der Waals surface area (Å²) in [4.78, 5) is 11.7. The molecule has 2 aromatic rings. The summed E-state index contributed by atoms with van der Waals surface area (Å²) >= 11 is 5.51. The van der Waals surface area contributed by atoms with Gasteiger partial charge in [-0.2, -0.15) is 0 Å². The zero-order chi connectivity index (χ0) is 14.9. The van der Waals surface area contributed by atoms with Crippen molar-refractivity contribution in [2.75, 3.05) is 5.32 Å². The van der Waals surface area contributed by atoms with E-state index in [0.29, 0.717) is 6.07 Å². The number of carbonyl (C=O) groups excluding carboxylic acids is 1. The van der Waals surface area contributed by atoms with Gasteiger partial charge in [0.25, 0.3) is 5.91 Å². The first-order chi connectivity index (χ1) is 9.40. The average Bonchev–Trinajstić information content (AvgIpc) is 2.40. The number of benzene rings is 2. The van der Waals surface area contributed by atoms with E-state index in [1.165, 1.54) is 6.07 Å². The lowest BCUT2D eigenvalue weighted by Gasteiger charge is -2.07. The van der Waals surface area contributed by atoms with Crippen LogP contribution in [0, 0.1) is 23.3 Å². The molecule has 0 aliphatic rings. The van der Waals surface area contributed by atoms with E-state index in [2.05, 4.69) is 5.32 Å². The van der Waals surface area contributed by atoms with Gasteiger partial charge < -0.3 is 5.32 Å². The van der Waals surface area contributed by atoms with E-state index in [1.54, 1.807) is 0 Å². The summed E-state index contributed by atoms with van der Waals surface area (Å²) in [6.07, 6.45) is 0. The number of carbonyl (C=O) groups is 1. The molecule has 0 atom stereocenters. The Balaban J connectivity index is 2.28. The van der Waals surface area contributed by atoms with E-state index in [1.807, 2.05) is 0 Å². The molecule has 0 saturated carbocycles. The summed E-state index contributed by atoms with van der Waals surface area (Å²) in [5.41, 5.74) is -0.588. The van der Waals surface area contributed by atoms with E-state index in [9.17, 15) is 22.4 Å². The highest BCUT2D eigenvalue weighted by Crippen LogP contribution is 2.21. The van der Waals surface area contributed by atoms with E-state index in [4.69, 9.17) is 11.6 Å². The number of rotatable bonds is 2. The molecule has 0 heterocycles. The minimum absolute atomic E-state index is 0.0885. The van der Waals surface area contributed by atoms with Gasteiger partial charge in [-0.05, 0) is 30.3 Å². The molecule has 0 bridgehead atoms. The van der Waals surface area contributed by atoms with Crippen LogP contribution >= 0.6 is 11.6 Å². The minimum Gasteiger partial charge on any atom is -0.322 e. The van der Waals surface area contributed by atoms with Crippen LogP contribution in [0.3, 0.4) is 0 Å². The molecule has 7 heteroatoms. The highest BCUT2D eigenvalue weighted by atomic mass is 35.5. The Kier molecular flexibility index (Phi) is 3.94. The molecule has 0 aliphatic carbocycles. The first kappa shape index (κ1) is 14.3. The van der Waals surface area contributed by atoms with Gasteiger partial charge in [0, 0.05) is 5.69 Å². The molecular weight excluding hydrogens is 298 g/mol. The first-order valence-electron chi connectivity index (χ1n) is 5.30. The van der Waals surface area contributed by atoms with Crippen molar-refractivity contribution in [2.45, 2.75) is 0 Å². The average molecular weight is 304 g/mol. The topological polar surface area (TPSA) is 29.1 Å². The maximum Gasteiger partial charge on any atom is 0.258 e. The number of hydrogen-bond acceptors (Lipinski definition) is 1. The van der Waals surface area contributed by atoms with Crippen molar-refractivity contribution in [3.05, 3.63) is 64.2 Å². The van der Waals surface area contributed by atoms with Crippen LogP contribution in [0.1, 0.15) is 10.4 Å². The van der Waals surface area contributed by atoms with Gasteiger partial charge in [0.1, 0.15) is 5.82 Å². The number of nitrogens with one attached hydrogen (secondary N) is 1. The van der Waals surface area contributed by atoms with Crippen molar-refractivity contribution in [2.24, 2.45) is 0 Å². The van der Waals surface area contributed by atoms with Crippen molar-refractivity contribution < 1.29 is 22.4 Å². The number of halogens is 5. The van der Waals surface area contributed by atoms with Crippen molar-refractivity contribution in [3.8, 4) is 0 Å². The number of anilines is 1. The van der Waals surface area contributed by atoms with Crippen LogP contribution in [-0.2, 0) is 0 Å². The molecule has 0 fully saturated rings. The van der Waals surface area contributed by atoms with Gasteiger partial charge in [-0.25, -0.2) is 17.6 Å². The fourth-order valence-corrected chi connectivity index (χ4v) is 1.65. The second kappa shape index (κ2) is 5.50. The second-order valence-electron chi connectivity index (χ2n) is 3.81. The third-order valence-corrected chi connectivity index (χ3v) is 2.75. The fourth-order valence-electron chi connectivity index (χ4n) is 1.47. The molecule has 0 radical (unpaired) electrons. The highest BCUT2D eigenvalue weighted by molar-refractivity contribution is 6.31. The molecule has 2 nitrogen and oxygen atoms in total. The quantitative estimate of drug-likeness (QED) is 0.655. The van der Waals surface area contributed by atoms with Crippen LogP contribution in [0.25, 0.3) is 0 Å². The summed E-state index contributed by atoms with van der Waals surface area (Å²) in [7, 11) is 0. The predicted molar refractivity (Wildman–Crippen MR) is 65.7 cm³/mol. The highest BCUT2D eigenvalue weighted by Gasteiger charge is 2.19. The summed E-state index contributed by atoms with van der Waals surface area (Å²) in [6, 6.07) is 4.72. The molecular formula is C13H6ClF4NO. The van der Waals surface area contributed by atoms with Gasteiger partial charge in [-0.1, -0.05) is 11.6 Å². The predicted octanol–water partition coefficient (Wildman–Crippen LogP) is 4.15. The third kappa shape index (κ3) is 2.75. The summed E-state index contributed by atoms with van der Waals surface area (Å²) in [5.74, 6) is -6.44. The lowest BCUT2D eigenvalue weighted by Crippen LogP contribution is -2.15. The smallest absolute Gasteiger partial charge is 0.258 e. The van der Waals surface area contributed by atoms with Crippen molar-refractivity contribution in [1.29, 1.82) is 0 Å². The van der Waals surface area contributed by atoms with Crippen LogP contribution in [-0.4, -0.2) is 5.91 Å². The Morgan fingerprint density at radius 3 is 2.25 bits per heavy atom. The van der Waals surface area contributed by atoms with Gasteiger partial charge in [0.05, 0.1) is 10.6 Å². The molecule has 20 heavy (non-hydrogen) atoms. The van der Waals surface area contributed by atoms with Crippen molar-refractivity contribution >= 4 is 23.2 Å². The summed E-state index contributed by atoms with van der Waals surface area (Å²) in [6.45, 7) is 0. The number of amides is 1. The maximum absolute atomic E-state index is 13.4. The fraction of sp³-hybridized carbons (Fsp3) is 0. The van der Waals surface area contributed by atoms with Crippen LogP contribution in [0.2, 0.25) is 5.02 Å². The number of hydrogen-bond donors (Lipinski definition) is 1. The molecule has 0 spiro atoms. The minimum atomic E-state index is -1.74.